The van der Waals surface area contributed by atoms with Crippen molar-refractivity contribution in [2.45, 2.75) is 33.1 Å². The maximum atomic E-state index is 12.7. The summed E-state index contributed by atoms with van der Waals surface area (Å²) in [5.41, 5.74) is 4.64. The van der Waals surface area contributed by atoms with E-state index in [1.165, 1.54) is 38.1 Å². The second-order valence-corrected chi connectivity index (χ2v) is 13.1. The summed E-state index contributed by atoms with van der Waals surface area (Å²) in [6, 6.07) is 17.0. The van der Waals surface area contributed by atoms with Gasteiger partial charge in [-0.2, -0.15) is 26.3 Å². The van der Waals surface area contributed by atoms with Crippen LogP contribution in [-0.2, 0) is 33.4 Å². The van der Waals surface area contributed by atoms with E-state index in [0.29, 0.717) is 23.0 Å². The van der Waals surface area contributed by atoms with Gasteiger partial charge in [0.25, 0.3) is 0 Å². The molecule has 0 N–H and O–H groups in total. The minimum Gasteiger partial charge on any atom is -0.657 e. The average molecular weight is 965 g/mol. The predicted octanol–water partition coefficient (Wildman–Crippen LogP) is 10.1. The quantitative estimate of drug-likeness (QED) is 0.127. The molecule has 0 radical (unpaired) electrons. The molecule has 292 valence electrons. The molecule has 0 spiro atoms. The minimum absolute atomic E-state index is 0. The van der Waals surface area contributed by atoms with Crippen LogP contribution in [0.3, 0.4) is 0 Å². The molecule has 0 unspecified atom stereocenters. The Labute approximate surface area is 346 Å². The summed E-state index contributed by atoms with van der Waals surface area (Å²) in [6.07, 6.45) is -3.24. The molecule has 0 saturated heterocycles. The summed E-state index contributed by atoms with van der Waals surface area (Å²) in [6.45, 7) is 3.97. The van der Waals surface area contributed by atoms with Crippen LogP contribution in [0, 0.1) is 40.2 Å². The Kier molecular flexibility index (Phi) is 8.34. The molecule has 0 fully saturated rings. The van der Waals surface area contributed by atoms with Gasteiger partial charge in [0, 0.05) is 33.0 Å². The van der Waals surface area contributed by atoms with E-state index in [1.54, 1.807) is 9.80 Å². The van der Waals surface area contributed by atoms with Crippen LogP contribution in [0.15, 0.2) is 85.5 Å². The largest absolute Gasteiger partial charge is 4.00 e. The van der Waals surface area contributed by atoms with Gasteiger partial charge in [0.05, 0.1) is 11.1 Å². The van der Waals surface area contributed by atoms with Gasteiger partial charge in [0.1, 0.15) is 23.3 Å². The molecule has 0 saturated carbocycles. The van der Waals surface area contributed by atoms with E-state index in [0.717, 1.165) is 74.0 Å². The molecule has 0 amide bonds. The molecule has 9 rings (SSSR count). The molecule has 9 nitrogen and oxygen atoms in total. The monoisotopic (exact) mass is 964 g/mol. The molecule has 5 heterocycles. The first-order chi connectivity index (χ1) is 29.0. The number of nitrogens with zero attached hydrogens (tertiary/aromatic N) is 9. The standard InChI is InChI=1S/C27H25N8.C14H6F6N.Pt/c1-17-10-18(2)23(19(3)11-17)20-12-21(34-15-32(4)24-26(34)30-8-6-28-24)14-22(13-20)35-16-33(5)25-27(35)31-9-7-29-25;15-13(16,17)7-1-3-11-9(5-7)10-6-8(14(18,19)20)2-4-12(10)21-11;/h6-13,15-16H,1-5H3;1-6H;/q-3;-1;+4/i4D3,5D3;;. The third-order valence-electron chi connectivity index (χ3n) is 9.20. The molecule has 7 aromatic rings. The van der Waals surface area contributed by atoms with Gasteiger partial charge in [-0.05, 0) is 74.3 Å². The molecule has 0 aliphatic carbocycles. The van der Waals surface area contributed by atoms with E-state index < -0.39 is 37.4 Å². The van der Waals surface area contributed by atoms with Gasteiger partial charge < -0.3 is 24.6 Å². The van der Waals surface area contributed by atoms with Crippen molar-refractivity contribution in [2.24, 2.45) is 0 Å². The van der Waals surface area contributed by atoms with Crippen molar-refractivity contribution in [3.8, 4) is 11.1 Å². The Morgan fingerprint density at radius 3 is 1.44 bits per heavy atom. The van der Waals surface area contributed by atoms with Crippen molar-refractivity contribution in [1.29, 1.82) is 0 Å². The van der Waals surface area contributed by atoms with Crippen LogP contribution in [0.1, 0.15) is 36.0 Å². The first-order valence-electron chi connectivity index (χ1n) is 19.8. The summed E-state index contributed by atoms with van der Waals surface area (Å²) >= 11 is 0. The number of aryl methyl sites for hydroxylation is 3. The van der Waals surface area contributed by atoms with Crippen molar-refractivity contribution < 1.29 is 55.6 Å². The molecule has 2 aliphatic rings. The first-order valence-corrected chi connectivity index (χ1v) is 16.8. The van der Waals surface area contributed by atoms with Crippen LogP contribution >= 0.6 is 0 Å². The van der Waals surface area contributed by atoms with Gasteiger partial charge in [0.15, 0.2) is 0 Å². The molecule has 4 aromatic carbocycles. The fourth-order valence-electron chi connectivity index (χ4n) is 6.89. The van der Waals surface area contributed by atoms with Crippen molar-refractivity contribution in [1.82, 2.24) is 24.9 Å². The number of benzene rings is 4. The molecule has 0 atom stereocenters. The molecule has 3 aromatic heterocycles. The Hall–Kier alpha value is -5.69. The molecule has 0 bridgehead atoms. The Balaban J connectivity index is 0.000000228. The number of alkyl halides is 6. The maximum absolute atomic E-state index is 12.7. The smallest absolute Gasteiger partial charge is 0.657 e. The Bertz CT molecular complexity index is 2690. The first kappa shape index (κ1) is 32.4. The zero-order chi connectivity index (χ0) is 44.7. The topological polar surface area (TPSA) is 78.6 Å². The summed E-state index contributed by atoms with van der Waals surface area (Å²) in [5.74, 6) is 1.03. The van der Waals surface area contributed by atoms with Crippen molar-refractivity contribution >= 4 is 56.5 Å². The number of aromatic nitrogens is 5. The van der Waals surface area contributed by atoms with Crippen LogP contribution in [0.5, 0.6) is 0 Å². The van der Waals surface area contributed by atoms with E-state index in [4.69, 9.17) is 8.22 Å². The zero-order valence-electron chi connectivity index (χ0n) is 35.8. The number of halogens is 6. The van der Waals surface area contributed by atoms with Crippen molar-refractivity contribution in [2.75, 3.05) is 33.6 Å². The van der Waals surface area contributed by atoms with E-state index in [-0.39, 0.29) is 54.5 Å². The molecule has 57 heavy (non-hydrogen) atoms. The van der Waals surface area contributed by atoms with Crippen LogP contribution in [-0.4, -0.2) is 33.9 Å². The summed E-state index contributed by atoms with van der Waals surface area (Å²) in [5, 5.41) is 0.122. The number of fused-ring (bicyclic) bond motifs is 5. The fraction of sp³-hybridized carbons (Fsp3) is 0.171. The average Bonchev–Trinajstić information content (AvgIpc) is 3.88. The maximum Gasteiger partial charge on any atom is 4.00 e. The predicted molar refractivity (Wildman–Crippen MR) is 203 cm³/mol. The van der Waals surface area contributed by atoms with E-state index >= 15 is 0 Å². The second-order valence-electron chi connectivity index (χ2n) is 13.1. The van der Waals surface area contributed by atoms with Crippen molar-refractivity contribution in [3.05, 3.63) is 133 Å². The third-order valence-corrected chi connectivity index (χ3v) is 9.20. The van der Waals surface area contributed by atoms with Crippen LogP contribution < -0.4 is 24.6 Å². The van der Waals surface area contributed by atoms with Crippen LogP contribution in [0.2, 0.25) is 0 Å². The van der Waals surface area contributed by atoms with Gasteiger partial charge in [-0.1, -0.05) is 42.0 Å². The second kappa shape index (κ2) is 14.7. The Morgan fingerprint density at radius 1 is 0.614 bits per heavy atom. The number of rotatable bonds is 3. The Morgan fingerprint density at radius 2 is 1.04 bits per heavy atom. The van der Waals surface area contributed by atoms with Gasteiger partial charge in [-0.15, -0.1) is 59.5 Å². The van der Waals surface area contributed by atoms with E-state index in [2.05, 4.69) is 43.1 Å². The van der Waals surface area contributed by atoms with E-state index in [9.17, 15) is 26.3 Å². The summed E-state index contributed by atoms with van der Waals surface area (Å²) in [7, 11) is 0. The third kappa shape index (κ3) is 7.36. The van der Waals surface area contributed by atoms with Crippen molar-refractivity contribution in [3.63, 3.8) is 0 Å². The summed E-state index contributed by atoms with van der Waals surface area (Å²) < 4.78 is 124. The number of anilines is 6. The zero-order valence-corrected chi connectivity index (χ0v) is 32.1. The molecule has 2 aliphatic heterocycles. The number of hydrogen-bond acceptors (Lipinski definition) is 8. The normalized spacial score (nSPS) is 15.8. The molecular weight excluding hydrogens is 928 g/mol. The minimum atomic E-state index is -4.56. The summed E-state index contributed by atoms with van der Waals surface area (Å²) in [4.78, 5) is 26.9. The van der Waals surface area contributed by atoms with Gasteiger partial charge in [0.2, 0.25) is 0 Å². The number of hydrogen-bond donors (Lipinski definition) is 0. The van der Waals surface area contributed by atoms with Gasteiger partial charge in [-0.3, -0.25) is 0 Å². The van der Waals surface area contributed by atoms with E-state index in [1.807, 2.05) is 32.9 Å². The SMILES string of the molecule is FC(F)(F)c1ccc2[n-]c3ccc(C(F)(F)F)cc3c2c1.[2H]C([2H])([2H])N1[CH-]N(c2[c-]c(N3[CH-]N(C([2H])([2H])[2H])c4nccnc43)cc(-c3c(C)cc(C)cc3C)c2)c2nccnc21.[Pt+4]. The van der Waals surface area contributed by atoms with Crippen LogP contribution in [0.4, 0.5) is 61.0 Å². The van der Waals surface area contributed by atoms with Gasteiger partial charge in [-0.25, -0.2) is 19.9 Å². The molecular formula is C41H31F6N9Pt. The van der Waals surface area contributed by atoms with Crippen LogP contribution in [0.25, 0.3) is 32.9 Å². The molecule has 16 heteroatoms. The fourth-order valence-corrected chi connectivity index (χ4v) is 6.89. The van der Waals surface area contributed by atoms with Gasteiger partial charge >= 0.3 is 33.4 Å².